The van der Waals surface area contributed by atoms with Gasteiger partial charge < -0.3 is 9.16 Å². The second-order valence-electron chi connectivity index (χ2n) is 6.22. The summed E-state index contributed by atoms with van der Waals surface area (Å²) in [7, 11) is -0.204. The first kappa shape index (κ1) is 17.6. The summed E-state index contributed by atoms with van der Waals surface area (Å²) >= 11 is 3.54. The van der Waals surface area contributed by atoms with E-state index in [4.69, 9.17) is 9.16 Å². The quantitative estimate of drug-likeness (QED) is 0.579. The smallest absolute Gasteiger partial charge is 0.258 e. The summed E-state index contributed by atoms with van der Waals surface area (Å²) in [5, 5.41) is 0. The van der Waals surface area contributed by atoms with Crippen LogP contribution in [-0.2, 0) is 0 Å². The van der Waals surface area contributed by atoms with Crippen molar-refractivity contribution in [3.05, 3.63) is 22.7 Å². The van der Waals surface area contributed by atoms with E-state index >= 15 is 0 Å². The molecule has 1 aromatic carbocycles. The zero-order chi connectivity index (χ0) is 15.5. The maximum atomic E-state index is 6.62. The summed E-state index contributed by atoms with van der Waals surface area (Å²) in [4.78, 5) is 0. The Labute approximate surface area is 133 Å². The van der Waals surface area contributed by atoms with E-state index in [1.54, 1.807) is 7.11 Å². The summed E-state index contributed by atoms with van der Waals surface area (Å²) in [6.07, 6.45) is 0. The fourth-order valence-electron chi connectivity index (χ4n) is 3.27. The second-order valence-corrected chi connectivity index (χ2v) is 12.4. The Morgan fingerprint density at radius 2 is 1.45 bits per heavy atom. The molecule has 1 aromatic rings. The molecule has 1 rings (SSSR count). The molecule has 0 saturated carbocycles. The number of hydrogen-bond donors (Lipinski definition) is 0. The Morgan fingerprint density at radius 1 is 0.950 bits per heavy atom. The molecule has 2 nitrogen and oxygen atoms in total. The molecular weight excluding hydrogens is 332 g/mol. The van der Waals surface area contributed by atoms with Gasteiger partial charge in [0.2, 0.25) is 0 Å². The zero-order valence-corrected chi connectivity index (χ0v) is 16.2. The minimum absolute atomic E-state index is 0.573. The van der Waals surface area contributed by atoms with E-state index in [0.717, 1.165) is 16.0 Å². The number of halogens is 1. The highest BCUT2D eigenvalue weighted by molar-refractivity contribution is 9.10. The van der Waals surface area contributed by atoms with Gasteiger partial charge in [0.1, 0.15) is 11.5 Å². The predicted molar refractivity (Wildman–Crippen MR) is 92.4 cm³/mol. The van der Waals surface area contributed by atoms with Crippen LogP contribution in [0.4, 0.5) is 0 Å². The van der Waals surface area contributed by atoms with Gasteiger partial charge in [-0.05, 0) is 50.8 Å². The number of rotatable bonds is 6. The van der Waals surface area contributed by atoms with Crippen molar-refractivity contribution >= 4 is 24.2 Å². The predicted octanol–water partition coefficient (Wildman–Crippen LogP) is 6.01. The first-order valence-corrected chi connectivity index (χ1v) is 10.2. The molecule has 0 saturated heterocycles. The number of methoxy groups -OCH3 is 1. The van der Waals surface area contributed by atoms with E-state index in [-0.39, 0.29) is 0 Å². The molecule has 0 fully saturated rings. The molecule has 20 heavy (non-hydrogen) atoms. The average molecular weight is 359 g/mol. The third kappa shape index (κ3) is 3.40. The number of hydrogen-bond acceptors (Lipinski definition) is 2. The van der Waals surface area contributed by atoms with Crippen LogP contribution in [0.5, 0.6) is 11.5 Å². The van der Waals surface area contributed by atoms with Gasteiger partial charge in [-0.2, -0.15) is 0 Å². The first-order valence-electron chi connectivity index (χ1n) is 7.28. The van der Waals surface area contributed by atoms with Crippen LogP contribution in [0.2, 0.25) is 16.6 Å². The molecule has 0 aromatic heterocycles. The van der Waals surface area contributed by atoms with Gasteiger partial charge in [0.15, 0.2) is 0 Å². The first-order chi connectivity index (χ1) is 9.25. The Hall–Kier alpha value is -0.483. The van der Waals surface area contributed by atoms with Crippen molar-refractivity contribution in [3.63, 3.8) is 0 Å². The standard InChI is InChI=1S/C16H27BrO2Si/c1-11(2)20(12(3)4,13(5)6)19-14-8-9-16(18-7)15(17)10-14/h8-13H,1-7H3. The molecule has 0 radical (unpaired) electrons. The lowest BCUT2D eigenvalue weighted by atomic mass is 10.3. The topological polar surface area (TPSA) is 18.5 Å². The minimum atomic E-state index is -1.88. The molecule has 0 unspecified atom stereocenters. The molecule has 0 bridgehead atoms. The lowest BCUT2D eigenvalue weighted by Gasteiger charge is -2.42. The van der Waals surface area contributed by atoms with Gasteiger partial charge in [-0.3, -0.25) is 0 Å². The van der Waals surface area contributed by atoms with Crippen LogP contribution >= 0.6 is 15.9 Å². The van der Waals surface area contributed by atoms with Gasteiger partial charge in [-0.1, -0.05) is 41.5 Å². The van der Waals surface area contributed by atoms with Crippen LogP contribution in [-0.4, -0.2) is 15.4 Å². The Bertz CT molecular complexity index is 422. The van der Waals surface area contributed by atoms with E-state index < -0.39 is 8.32 Å². The van der Waals surface area contributed by atoms with Crippen molar-refractivity contribution in [2.24, 2.45) is 0 Å². The highest BCUT2D eigenvalue weighted by Crippen LogP contribution is 2.43. The van der Waals surface area contributed by atoms with Crippen LogP contribution in [0, 0.1) is 0 Å². The van der Waals surface area contributed by atoms with Crippen LogP contribution < -0.4 is 9.16 Å². The molecule has 0 N–H and O–H groups in total. The fourth-order valence-corrected chi connectivity index (χ4v) is 9.03. The van der Waals surface area contributed by atoms with Gasteiger partial charge in [0, 0.05) is 0 Å². The van der Waals surface area contributed by atoms with E-state index in [2.05, 4.69) is 57.5 Å². The molecule has 0 aliphatic rings. The highest BCUT2D eigenvalue weighted by Gasteiger charge is 2.47. The van der Waals surface area contributed by atoms with Crippen LogP contribution in [0.15, 0.2) is 22.7 Å². The summed E-state index contributed by atoms with van der Waals surface area (Å²) in [5.41, 5.74) is 1.72. The second kappa shape index (κ2) is 6.99. The maximum absolute atomic E-state index is 6.62. The summed E-state index contributed by atoms with van der Waals surface area (Å²) in [6.45, 7) is 13.8. The number of ether oxygens (including phenoxy) is 1. The van der Waals surface area contributed by atoms with Crippen LogP contribution in [0.3, 0.4) is 0 Å². The van der Waals surface area contributed by atoms with Crippen molar-refractivity contribution < 1.29 is 9.16 Å². The van der Waals surface area contributed by atoms with E-state index in [1.807, 2.05) is 18.2 Å². The zero-order valence-electron chi connectivity index (χ0n) is 13.7. The molecule has 0 aliphatic heterocycles. The molecule has 0 heterocycles. The Balaban J connectivity index is 3.16. The summed E-state index contributed by atoms with van der Waals surface area (Å²) < 4.78 is 12.8. The van der Waals surface area contributed by atoms with E-state index in [1.165, 1.54) is 0 Å². The third-order valence-corrected chi connectivity index (χ3v) is 10.7. The monoisotopic (exact) mass is 358 g/mol. The summed E-state index contributed by atoms with van der Waals surface area (Å²) in [5.74, 6) is 1.78. The van der Waals surface area contributed by atoms with Crippen molar-refractivity contribution in [1.82, 2.24) is 0 Å². The lowest BCUT2D eigenvalue weighted by molar-refractivity contribution is 0.410. The molecular formula is C16H27BrO2Si. The molecule has 0 aliphatic carbocycles. The van der Waals surface area contributed by atoms with Crippen molar-refractivity contribution in [2.75, 3.05) is 7.11 Å². The van der Waals surface area contributed by atoms with Crippen molar-refractivity contribution in [3.8, 4) is 11.5 Å². The molecule has 114 valence electrons. The molecule has 4 heteroatoms. The van der Waals surface area contributed by atoms with Crippen LogP contribution in [0.25, 0.3) is 0 Å². The van der Waals surface area contributed by atoms with Crippen molar-refractivity contribution in [2.45, 2.75) is 58.2 Å². The normalized spacial score (nSPS) is 12.3. The largest absolute Gasteiger partial charge is 0.543 e. The summed E-state index contributed by atoms with van der Waals surface area (Å²) in [6, 6.07) is 5.99. The number of benzene rings is 1. The van der Waals surface area contributed by atoms with Gasteiger partial charge in [0.25, 0.3) is 8.32 Å². The fraction of sp³-hybridized carbons (Fsp3) is 0.625. The average Bonchev–Trinajstić information content (AvgIpc) is 2.34. The Kier molecular flexibility index (Phi) is 6.14. The molecule has 0 amide bonds. The highest BCUT2D eigenvalue weighted by atomic mass is 79.9. The third-order valence-electron chi connectivity index (χ3n) is 4.12. The SMILES string of the molecule is COc1ccc(O[Si](C(C)C)(C(C)C)C(C)C)cc1Br. The molecule has 0 spiro atoms. The Morgan fingerprint density at radius 3 is 1.80 bits per heavy atom. The van der Waals surface area contributed by atoms with Gasteiger partial charge >= 0.3 is 0 Å². The molecule has 0 atom stereocenters. The van der Waals surface area contributed by atoms with Gasteiger partial charge in [-0.15, -0.1) is 0 Å². The van der Waals surface area contributed by atoms with Crippen molar-refractivity contribution in [1.29, 1.82) is 0 Å². The van der Waals surface area contributed by atoms with E-state index in [9.17, 15) is 0 Å². The minimum Gasteiger partial charge on any atom is -0.543 e. The van der Waals surface area contributed by atoms with Crippen LogP contribution in [0.1, 0.15) is 41.5 Å². The lowest BCUT2D eigenvalue weighted by Crippen LogP contribution is -2.50. The maximum Gasteiger partial charge on any atom is 0.258 e. The van der Waals surface area contributed by atoms with E-state index in [0.29, 0.717) is 16.6 Å². The van der Waals surface area contributed by atoms with Gasteiger partial charge in [-0.25, -0.2) is 0 Å². The van der Waals surface area contributed by atoms with Gasteiger partial charge in [0.05, 0.1) is 11.6 Å².